The zero-order valence-electron chi connectivity index (χ0n) is 11.4. The Balaban J connectivity index is 1.92. The molecule has 0 amide bonds. The minimum atomic E-state index is -4.61. The number of likely N-dealkylation sites (tertiary alicyclic amines) is 1. The molecule has 1 aliphatic rings. The number of rotatable bonds is 3. The quantitative estimate of drug-likeness (QED) is 0.865. The summed E-state index contributed by atoms with van der Waals surface area (Å²) in [6, 6.07) is 3.04. The van der Waals surface area contributed by atoms with Crippen molar-refractivity contribution in [2.45, 2.75) is 31.2 Å². The zero-order chi connectivity index (χ0) is 15.7. The summed E-state index contributed by atoms with van der Waals surface area (Å²) >= 11 is 0. The second kappa shape index (κ2) is 5.69. The van der Waals surface area contributed by atoms with Crippen LogP contribution in [0.2, 0.25) is 0 Å². The van der Waals surface area contributed by atoms with E-state index in [4.69, 9.17) is 4.42 Å². The van der Waals surface area contributed by atoms with Gasteiger partial charge < -0.3 is 14.3 Å². The number of hydrogen-bond donors (Lipinski definition) is 1. The van der Waals surface area contributed by atoms with Crippen LogP contribution in [0.25, 0.3) is 0 Å². The Labute approximate surface area is 119 Å². The summed E-state index contributed by atoms with van der Waals surface area (Å²) in [5.41, 5.74) is -2.61. The summed E-state index contributed by atoms with van der Waals surface area (Å²) in [5, 5.41) is 9.56. The van der Waals surface area contributed by atoms with Crippen molar-refractivity contribution in [3.8, 4) is 0 Å². The molecule has 118 valence electrons. The summed E-state index contributed by atoms with van der Waals surface area (Å²) < 4.78 is 47.8. The van der Waals surface area contributed by atoms with Gasteiger partial charge in [-0.3, -0.25) is 4.90 Å². The molecule has 1 aromatic rings. The van der Waals surface area contributed by atoms with Crippen molar-refractivity contribution in [2.75, 3.05) is 20.2 Å². The Morgan fingerprint density at radius 2 is 2.05 bits per heavy atom. The van der Waals surface area contributed by atoms with Crippen LogP contribution in [-0.2, 0) is 11.3 Å². The third-order valence-electron chi connectivity index (χ3n) is 3.64. The molecular formula is C13H16F3NO4. The Kier molecular flexibility index (Phi) is 4.29. The van der Waals surface area contributed by atoms with E-state index in [2.05, 4.69) is 4.74 Å². The average Bonchev–Trinajstić information content (AvgIpc) is 2.88. The van der Waals surface area contributed by atoms with Crippen molar-refractivity contribution in [3.63, 3.8) is 0 Å². The molecule has 1 aromatic heterocycles. The van der Waals surface area contributed by atoms with Crippen LogP contribution in [0.4, 0.5) is 13.2 Å². The molecule has 2 rings (SSSR count). The van der Waals surface area contributed by atoms with Crippen molar-refractivity contribution in [1.29, 1.82) is 0 Å². The lowest BCUT2D eigenvalue weighted by Gasteiger charge is -2.38. The molecule has 0 aromatic carbocycles. The topological polar surface area (TPSA) is 62.9 Å². The summed E-state index contributed by atoms with van der Waals surface area (Å²) in [4.78, 5) is 13.0. The molecule has 21 heavy (non-hydrogen) atoms. The fraction of sp³-hybridized carbons (Fsp3) is 0.615. The Hall–Kier alpha value is -1.54. The van der Waals surface area contributed by atoms with Gasteiger partial charge in [-0.2, -0.15) is 13.2 Å². The van der Waals surface area contributed by atoms with Crippen LogP contribution in [0, 0.1) is 0 Å². The molecule has 0 radical (unpaired) electrons. The standard InChI is InChI=1S/C13H16F3NO4/c1-20-11(18)10-3-2-9(21-10)8-17-6-4-12(19,5-7-17)13(14,15)16/h2-3,19H,4-8H2,1H3. The molecule has 2 heterocycles. The number of esters is 1. The third kappa shape index (κ3) is 3.38. The van der Waals surface area contributed by atoms with E-state index in [1.807, 2.05) is 0 Å². The highest BCUT2D eigenvalue weighted by Crippen LogP contribution is 2.38. The first-order valence-electron chi connectivity index (χ1n) is 6.44. The second-order valence-electron chi connectivity index (χ2n) is 5.06. The van der Waals surface area contributed by atoms with Crippen LogP contribution >= 0.6 is 0 Å². The first-order valence-corrected chi connectivity index (χ1v) is 6.44. The van der Waals surface area contributed by atoms with E-state index in [-0.39, 0.29) is 38.2 Å². The molecule has 0 unspecified atom stereocenters. The summed E-state index contributed by atoms with van der Waals surface area (Å²) in [7, 11) is 1.23. The highest BCUT2D eigenvalue weighted by molar-refractivity contribution is 5.86. The van der Waals surface area contributed by atoms with Crippen molar-refractivity contribution in [1.82, 2.24) is 4.90 Å². The van der Waals surface area contributed by atoms with Crippen molar-refractivity contribution in [3.05, 3.63) is 23.7 Å². The lowest BCUT2D eigenvalue weighted by molar-refractivity contribution is -0.273. The molecule has 1 N–H and O–H groups in total. The van der Waals surface area contributed by atoms with Crippen molar-refractivity contribution in [2.24, 2.45) is 0 Å². The van der Waals surface area contributed by atoms with Crippen LogP contribution < -0.4 is 0 Å². The predicted octanol–water partition coefficient (Wildman–Crippen LogP) is 1.96. The van der Waals surface area contributed by atoms with E-state index in [1.54, 1.807) is 11.0 Å². The number of halogens is 3. The molecule has 1 aliphatic heterocycles. The van der Waals surface area contributed by atoms with Crippen LogP contribution in [0.15, 0.2) is 16.5 Å². The summed E-state index contributed by atoms with van der Waals surface area (Å²) in [6.45, 7) is 0.486. The van der Waals surface area contributed by atoms with E-state index >= 15 is 0 Å². The fourth-order valence-corrected chi connectivity index (χ4v) is 2.26. The summed E-state index contributed by atoms with van der Waals surface area (Å²) in [6.07, 6.45) is -5.36. The average molecular weight is 307 g/mol. The normalized spacial score (nSPS) is 19.5. The molecule has 0 bridgehead atoms. The number of alkyl halides is 3. The molecule has 0 spiro atoms. The molecule has 0 atom stereocenters. The van der Waals surface area contributed by atoms with Gasteiger partial charge in [0.1, 0.15) is 5.76 Å². The van der Waals surface area contributed by atoms with Gasteiger partial charge in [0.25, 0.3) is 0 Å². The van der Waals surface area contributed by atoms with E-state index in [0.29, 0.717) is 5.76 Å². The largest absolute Gasteiger partial charge is 0.463 e. The van der Waals surface area contributed by atoms with E-state index in [0.717, 1.165) is 0 Å². The highest BCUT2D eigenvalue weighted by atomic mass is 19.4. The summed E-state index contributed by atoms with van der Waals surface area (Å²) in [5.74, 6) is -0.0875. The van der Waals surface area contributed by atoms with Crippen LogP contribution in [0.3, 0.4) is 0 Å². The minimum absolute atomic E-state index is 0.0521. The zero-order valence-corrected chi connectivity index (χ0v) is 11.4. The molecule has 1 saturated heterocycles. The highest BCUT2D eigenvalue weighted by Gasteiger charge is 2.54. The van der Waals surface area contributed by atoms with Gasteiger partial charge in [-0.15, -0.1) is 0 Å². The molecular weight excluding hydrogens is 291 g/mol. The fourth-order valence-electron chi connectivity index (χ4n) is 2.26. The Morgan fingerprint density at radius 1 is 1.43 bits per heavy atom. The van der Waals surface area contributed by atoms with Crippen LogP contribution in [0.1, 0.15) is 29.2 Å². The van der Waals surface area contributed by atoms with E-state index in [1.165, 1.54) is 13.2 Å². The number of ether oxygens (including phenoxy) is 1. The molecule has 8 heteroatoms. The van der Waals surface area contributed by atoms with E-state index < -0.39 is 17.7 Å². The van der Waals surface area contributed by atoms with Gasteiger partial charge >= 0.3 is 12.1 Å². The van der Waals surface area contributed by atoms with Crippen molar-refractivity contribution < 1.29 is 32.2 Å². The van der Waals surface area contributed by atoms with Crippen LogP contribution in [0.5, 0.6) is 0 Å². The second-order valence-corrected chi connectivity index (χ2v) is 5.06. The van der Waals surface area contributed by atoms with Gasteiger partial charge in [0.2, 0.25) is 5.76 Å². The maximum atomic E-state index is 12.7. The monoisotopic (exact) mass is 307 g/mol. The smallest absolute Gasteiger partial charge is 0.417 e. The van der Waals surface area contributed by atoms with Gasteiger partial charge in [0.15, 0.2) is 5.60 Å². The number of furan rings is 1. The van der Waals surface area contributed by atoms with Crippen LogP contribution in [-0.4, -0.2) is 48.0 Å². The molecule has 0 aliphatic carbocycles. The molecule has 0 saturated carbocycles. The number of piperidine rings is 1. The van der Waals surface area contributed by atoms with Crippen molar-refractivity contribution >= 4 is 5.97 Å². The van der Waals surface area contributed by atoms with Gasteiger partial charge in [-0.05, 0) is 25.0 Å². The SMILES string of the molecule is COC(=O)c1ccc(CN2CCC(O)(C(F)(F)F)CC2)o1. The number of carbonyl (C=O) groups excluding carboxylic acids is 1. The Morgan fingerprint density at radius 3 is 2.57 bits per heavy atom. The first-order chi connectivity index (χ1) is 9.75. The maximum Gasteiger partial charge on any atom is 0.417 e. The molecule has 1 fully saturated rings. The number of methoxy groups -OCH3 is 1. The van der Waals surface area contributed by atoms with Gasteiger partial charge in [0.05, 0.1) is 13.7 Å². The Bertz CT molecular complexity index is 504. The number of aliphatic hydroxyl groups is 1. The first kappa shape index (κ1) is 15.8. The lowest BCUT2D eigenvalue weighted by Crippen LogP contribution is -2.53. The maximum absolute atomic E-state index is 12.7. The number of carbonyl (C=O) groups is 1. The number of hydrogen-bond acceptors (Lipinski definition) is 5. The minimum Gasteiger partial charge on any atom is -0.463 e. The lowest BCUT2D eigenvalue weighted by atomic mass is 9.91. The van der Waals surface area contributed by atoms with Gasteiger partial charge in [-0.1, -0.05) is 0 Å². The molecule has 5 nitrogen and oxygen atoms in total. The van der Waals surface area contributed by atoms with Gasteiger partial charge in [0, 0.05) is 13.1 Å². The third-order valence-corrected chi connectivity index (χ3v) is 3.64. The van der Waals surface area contributed by atoms with E-state index in [9.17, 15) is 23.1 Å². The van der Waals surface area contributed by atoms with Gasteiger partial charge in [-0.25, -0.2) is 4.79 Å². The number of nitrogens with zero attached hydrogens (tertiary/aromatic N) is 1. The predicted molar refractivity (Wildman–Crippen MR) is 65.6 cm³/mol.